The van der Waals surface area contributed by atoms with Gasteiger partial charge in [-0.05, 0) is 17.4 Å². The summed E-state index contributed by atoms with van der Waals surface area (Å²) in [7, 11) is 0. The Morgan fingerprint density at radius 1 is 1.31 bits per heavy atom. The van der Waals surface area contributed by atoms with Crippen LogP contribution in [0.25, 0.3) is 0 Å². The summed E-state index contributed by atoms with van der Waals surface area (Å²) in [5.41, 5.74) is 7.72. The van der Waals surface area contributed by atoms with E-state index in [0.717, 1.165) is 16.9 Å². The van der Waals surface area contributed by atoms with Gasteiger partial charge in [-0.15, -0.1) is 0 Å². The van der Waals surface area contributed by atoms with Crippen molar-refractivity contribution in [2.45, 2.75) is 19.5 Å². The molecule has 0 aliphatic rings. The molecule has 0 aromatic heterocycles. The number of hydrogen-bond donors (Lipinski definition) is 2. The number of carbonyl (C=O) groups excluding carboxylic acids is 1. The standard InChI is InChI=1S/C12H18N2OS/c1-16-7-6-12(15)14-9-11-4-2-10(8-13)3-5-11/h2-5H,6-9,13H2,1H3,(H,14,15). The summed E-state index contributed by atoms with van der Waals surface area (Å²) in [4.78, 5) is 11.4. The molecule has 0 unspecified atom stereocenters. The van der Waals surface area contributed by atoms with Gasteiger partial charge in [-0.2, -0.15) is 11.8 Å². The Bertz CT molecular complexity index is 324. The second kappa shape index (κ2) is 7.30. The molecule has 0 aliphatic carbocycles. The van der Waals surface area contributed by atoms with Crippen molar-refractivity contribution in [3.8, 4) is 0 Å². The molecule has 1 amide bonds. The van der Waals surface area contributed by atoms with Crippen LogP contribution in [0.4, 0.5) is 0 Å². The maximum absolute atomic E-state index is 11.4. The van der Waals surface area contributed by atoms with Gasteiger partial charge in [0.05, 0.1) is 0 Å². The number of benzene rings is 1. The lowest BCUT2D eigenvalue weighted by atomic mass is 10.1. The van der Waals surface area contributed by atoms with E-state index in [9.17, 15) is 4.79 Å². The fraction of sp³-hybridized carbons (Fsp3) is 0.417. The number of amides is 1. The second-order valence-electron chi connectivity index (χ2n) is 3.54. The van der Waals surface area contributed by atoms with Crippen molar-refractivity contribution in [2.24, 2.45) is 5.73 Å². The molecule has 4 heteroatoms. The van der Waals surface area contributed by atoms with Crippen LogP contribution in [0.2, 0.25) is 0 Å². The molecule has 1 aromatic rings. The van der Waals surface area contributed by atoms with Crippen molar-refractivity contribution in [2.75, 3.05) is 12.0 Å². The van der Waals surface area contributed by atoms with E-state index >= 15 is 0 Å². The number of carbonyl (C=O) groups is 1. The van der Waals surface area contributed by atoms with Crippen molar-refractivity contribution >= 4 is 17.7 Å². The molecule has 16 heavy (non-hydrogen) atoms. The fourth-order valence-corrected chi connectivity index (χ4v) is 1.67. The smallest absolute Gasteiger partial charge is 0.221 e. The summed E-state index contributed by atoms with van der Waals surface area (Å²) in [6.07, 6.45) is 2.58. The first-order valence-electron chi connectivity index (χ1n) is 5.29. The van der Waals surface area contributed by atoms with E-state index in [0.29, 0.717) is 19.5 Å². The molecule has 0 spiro atoms. The monoisotopic (exact) mass is 238 g/mol. The number of thioether (sulfide) groups is 1. The largest absolute Gasteiger partial charge is 0.352 e. The summed E-state index contributed by atoms with van der Waals surface area (Å²) < 4.78 is 0. The molecule has 0 saturated carbocycles. The molecule has 1 aromatic carbocycles. The molecule has 3 N–H and O–H groups in total. The summed E-state index contributed by atoms with van der Waals surface area (Å²) >= 11 is 1.68. The average molecular weight is 238 g/mol. The Morgan fingerprint density at radius 3 is 2.50 bits per heavy atom. The lowest BCUT2D eigenvalue weighted by Gasteiger charge is -2.05. The number of rotatable bonds is 6. The zero-order valence-corrected chi connectivity index (χ0v) is 10.3. The minimum atomic E-state index is 0.109. The van der Waals surface area contributed by atoms with E-state index in [2.05, 4.69) is 5.32 Å². The maximum Gasteiger partial charge on any atom is 0.221 e. The first-order valence-corrected chi connectivity index (χ1v) is 6.69. The van der Waals surface area contributed by atoms with Gasteiger partial charge in [0.2, 0.25) is 5.91 Å². The molecular formula is C12H18N2OS. The first-order chi connectivity index (χ1) is 7.76. The van der Waals surface area contributed by atoms with Crippen LogP contribution < -0.4 is 11.1 Å². The molecule has 0 heterocycles. The van der Waals surface area contributed by atoms with Crippen LogP contribution >= 0.6 is 11.8 Å². The van der Waals surface area contributed by atoms with E-state index in [-0.39, 0.29) is 5.91 Å². The molecule has 0 radical (unpaired) electrons. The molecule has 0 atom stereocenters. The van der Waals surface area contributed by atoms with Crippen LogP contribution in [-0.2, 0) is 17.9 Å². The highest BCUT2D eigenvalue weighted by Gasteiger charge is 2.00. The van der Waals surface area contributed by atoms with Crippen LogP contribution in [0, 0.1) is 0 Å². The Morgan fingerprint density at radius 2 is 1.94 bits per heavy atom. The van der Waals surface area contributed by atoms with Crippen LogP contribution in [0.5, 0.6) is 0 Å². The SMILES string of the molecule is CSCCC(=O)NCc1ccc(CN)cc1. The number of hydrogen-bond acceptors (Lipinski definition) is 3. The highest BCUT2D eigenvalue weighted by Crippen LogP contribution is 2.03. The van der Waals surface area contributed by atoms with Gasteiger partial charge in [-0.25, -0.2) is 0 Å². The molecular weight excluding hydrogens is 220 g/mol. The summed E-state index contributed by atoms with van der Waals surface area (Å²) in [5, 5.41) is 2.89. The molecule has 0 aliphatic heterocycles. The van der Waals surface area contributed by atoms with Gasteiger partial charge < -0.3 is 11.1 Å². The summed E-state index contributed by atoms with van der Waals surface area (Å²) in [5.74, 6) is 0.982. The molecule has 1 rings (SSSR count). The van der Waals surface area contributed by atoms with Gasteiger partial charge in [0.25, 0.3) is 0 Å². The minimum Gasteiger partial charge on any atom is -0.352 e. The van der Waals surface area contributed by atoms with E-state index in [1.807, 2.05) is 30.5 Å². The van der Waals surface area contributed by atoms with Crippen molar-refractivity contribution in [3.05, 3.63) is 35.4 Å². The lowest BCUT2D eigenvalue weighted by Crippen LogP contribution is -2.22. The topological polar surface area (TPSA) is 55.1 Å². The predicted octanol–water partition coefficient (Wildman–Crippen LogP) is 1.51. The molecule has 0 saturated heterocycles. The lowest BCUT2D eigenvalue weighted by molar-refractivity contribution is -0.120. The normalized spacial score (nSPS) is 10.1. The molecule has 0 bridgehead atoms. The van der Waals surface area contributed by atoms with Crippen molar-refractivity contribution in [3.63, 3.8) is 0 Å². The highest BCUT2D eigenvalue weighted by atomic mass is 32.2. The quantitative estimate of drug-likeness (QED) is 0.790. The summed E-state index contributed by atoms with van der Waals surface area (Å²) in [6.45, 7) is 1.15. The van der Waals surface area contributed by atoms with Gasteiger partial charge >= 0.3 is 0 Å². The van der Waals surface area contributed by atoms with Crippen LogP contribution in [0.3, 0.4) is 0 Å². The average Bonchev–Trinajstić information content (AvgIpc) is 2.34. The Balaban J connectivity index is 2.33. The third kappa shape index (κ3) is 4.68. The van der Waals surface area contributed by atoms with E-state index < -0.39 is 0 Å². The van der Waals surface area contributed by atoms with Gasteiger partial charge in [0.15, 0.2) is 0 Å². The van der Waals surface area contributed by atoms with E-state index in [4.69, 9.17) is 5.73 Å². The maximum atomic E-state index is 11.4. The predicted molar refractivity (Wildman–Crippen MR) is 69.2 cm³/mol. The fourth-order valence-electron chi connectivity index (χ4n) is 1.28. The van der Waals surface area contributed by atoms with Crippen molar-refractivity contribution in [1.29, 1.82) is 0 Å². The molecule has 0 fully saturated rings. The zero-order chi connectivity index (χ0) is 11.8. The van der Waals surface area contributed by atoms with Crippen molar-refractivity contribution in [1.82, 2.24) is 5.32 Å². The molecule has 88 valence electrons. The van der Waals surface area contributed by atoms with Gasteiger partial charge in [0.1, 0.15) is 0 Å². The highest BCUT2D eigenvalue weighted by molar-refractivity contribution is 7.98. The van der Waals surface area contributed by atoms with Gasteiger partial charge in [0, 0.05) is 25.3 Å². The second-order valence-corrected chi connectivity index (χ2v) is 4.53. The Hall–Kier alpha value is -1.00. The van der Waals surface area contributed by atoms with E-state index in [1.54, 1.807) is 11.8 Å². The summed E-state index contributed by atoms with van der Waals surface area (Å²) in [6, 6.07) is 7.97. The van der Waals surface area contributed by atoms with Crippen LogP contribution in [-0.4, -0.2) is 17.9 Å². The minimum absolute atomic E-state index is 0.109. The molecule has 3 nitrogen and oxygen atoms in total. The van der Waals surface area contributed by atoms with Crippen molar-refractivity contribution < 1.29 is 4.79 Å². The third-order valence-corrected chi connectivity index (χ3v) is 2.89. The van der Waals surface area contributed by atoms with Crippen LogP contribution in [0.1, 0.15) is 17.5 Å². The zero-order valence-electron chi connectivity index (χ0n) is 9.53. The Labute approximate surface area is 101 Å². The van der Waals surface area contributed by atoms with Gasteiger partial charge in [-0.3, -0.25) is 4.79 Å². The third-order valence-electron chi connectivity index (χ3n) is 2.28. The number of nitrogens with two attached hydrogens (primary N) is 1. The van der Waals surface area contributed by atoms with Crippen LogP contribution in [0.15, 0.2) is 24.3 Å². The van der Waals surface area contributed by atoms with E-state index in [1.165, 1.54) is 0 Å². The first kappa shape index (κ1) is 13.1. The number of nitrogens with one attached hydrogen (secondary N) is 1. The Kier molecular flexibility index (Phi) is 5.96. The van der Waals surface area contributed by atoms with Gasteiger partial charge in [-0.1, -0.05) is 24.3 Å².